The summed E-state index contributed by atoms with van der Waals surface area (Å²) in [4.78, 5) is 37.9. The number of hydrogen-bond donors (Lipinski definition) is 2. The van der Waals surface area contributed by atoms with E-state index < -0.39 is 68.6 Å². The van der Waals surface area contributed by atoms with Gasteiger partial charge < -0.3 is 0 Å². The molecule has 0 aliphatic carbocycles. The van der Waals surface area contributed by atoms with Gasteiger partial charge in [-0.05, 0) is 6.42 Å². The van der Waals surface area contributed by atoms with E-state index in [4.69, 9.17) is 9.11 Å². The first-order chi connectivity index (χ1) is 11.4. The zero-order valence-electron chi connectivity index (χ0n) is 13.5. The first kappa shape index (κ1) is 21.5. The van der Waals surface area contributed by atoms with Crippen LogP contribution < -0.4 is 0 Å². The lowest BCUT2D eigenvalue weighted by atomic mass is 9.97. The first-order valence-electron chi connectivity index (χ1n) is 7.44. The molecule has 1 rings (SSSR count). The molecule has 0 bridgehead atoms. The second kappa shape index (κ2) is 8.21. The smallest absolute Gasteiger partial charge is 0.285 e. The highest BCUT2D eigenvalue weighted by molar-refractivity contribution is 7.86. The van der Waals surface area contributed by atoms with E-state index in [1.54, 1.807) is 0 Å². The number of hydrogen-bond acceptors (Lipinski definition) is 7. The number of carbonyl (C=O) groups excluding carboxylic acids is 3. The molecule has 4 amide bonds. The minimum atomic E-state index is -4.46. The Hall–Kier alpha value is -1.57. The zero-order valence-corrected chi connectivity index (χ0v) is 15.1. The van der Waals surface area contributed by atoms with Crippen LogP contribution in [0, 0.1) is 5.92 Å². The molecular weight excluding hydrogens is 380 g/mol. The zero-order chi connectivity index (χ0) is 19.4. The average Bonchev–Trinajstić information content (AvgIpc) is 2.44. The first-order valence-corrected chi connectivity index (χ1v) is 10.7. The second-order valence-electron chi connectivity index (χ2n) is 5.53. The molecule has 1 fully saturated rings. The van der Waals surface area contributed by atoms with Crippen LogP contribution in [0.2, 0.25) is 0 Å². The van der Waals surface area contributed by atoms with Gasteiger partial charge in [-0.25, -0.2) is 4.79 Å². The van der Waals surface area contributed by atoms with Gasteiger partial charge in [0.15, 0.2) is 0 Å². The Morgan fingerprint density at radius 1 is 0.880 bits per heavy atom. The largest absolute Gasteiger partial charge is 0.333 e. The lowest BCUT2D eigenvalue weighted by Gasteiger charge is -2.36. The normalized spacial score (nSPS) is 17.5. The molecule has 0 aromatic rings. The molecule has 0 aromatic heterocycles. The average molecular weight is 400 g/mol. The van der Waals surface area contributed by atoms with Crippen LogP contribution in [0.3, 0.4) is 0 Å². The summed E-state index contributed by atoms with van der Waals surface area (Å²) < 4.78 is 61.0. The maximum Gasteiger partial charge on any atom is 0.333 e. The molecule has 0 unspecified atom stereocenters. The molecular formula is C12H20N2O9S2. The van der Waals surface area contributed by atoms with Crippen molar-refractivity contribution >= 4 is 38.1 Å². The molecule has 0 aromatic carbocycles. The van der Waals surface area contributed by atoms with Crippen LogP contribution in [0.5, 0.6) is 0 Å². The number of imide groups is 2. The van der Waals surface area contributed by atoms with Crippen molar-refractivity contribution in [2.75, 3.05) is 24.6 Å². The van der Waals surface area contributed by atoms with Crippen LogP contribution in [0.25, 0.3) is 0 Å². The van der Waals surface area contributed by atoms with Crippen molar-refractivity contribution in [1.29, 1.82) is 0 Å². The Morgan fingerprint density at radius 3 is 1.60 bits per heavy atom. The van der Waals surface area contributed by atoms with E-state index in [1.807, 2.05) is 6.92 Å². The Bertz CT molecular complexity index is 687. The van der Waals surface area contributed by atoms with Crippen molar-refractivity contribution in [3.05, 3.63) is 0 Å². The minimum absolute atomic E-state index is 0.103. The van der Waals surface area contributed by atoms with E-state index >= 15 is 0 Å². The Labute approximate surface area is 145 Å². The van der Waals surface area contributed by atoms with Crippen molar-refractivity contribution in [1.82, 2.24) is 9.80 Å². The van der Waals surface area contributed by atoms with Gasteiger partial charge in [-0.2, -0.15) is 16.8 Å². The number of unbranched alkanes of at least 4 members (excludes halogenated alkanes) is 1. The van der Waals surface area contributed by atoms with Crippen LogP contribution in [0.1, 0.15) is 26.2 Å². The van der Waals surface area contributed by atoms with Crippen LogP contribution in [0.15, 0.2) is 0 Å². The monoisotopic (exact) mass is 400 g/mol. The van der Waals surface area contributed by atoms with Gasteiger partial charge in [-0.1, -0.05) is 19.8 Å². The van der Waals surface area contributed by atoms with Crippen LogP contribution in [-0.4, -0.2) is 78.2 Å². The van der Waals surface area contributed by atoms with Gasteiger partial charge in [0.25, 0.3) is 20.2 Å². The molecule has 1 saturated heterocycles. The van der Waals surface area contributed by atoms with Gasteiger partial charge in [0.2, 0.25) is 11.8 Å². The maximum atomic E-state index is 12.3. The molecule has 0 radical (unpaired) electrons. The number of urea groups is 1. The Balaban J connectivity index is 3.07. The minimum Gasteiger partial charge on any atom is -0.285 e. The second-order valence-corrected chi connectivity index (χ2v) is 8.67. The predicted molar refractivity (Wildman–Crippen MR) is 84.7 cm³/mol. The highest BCUT2D eigenvalue weighted by Gasteiger charge is 2.45. The quantitative estimate of drug-likeness (QED) is 0.378. The van der Waals surface area contributed by atoms with Gasteiger partial charge in [0, 0.05) is 13.1 Å². The molecule has 11 nitrogen and oxygen atoms in total. The van der Waals surface area contributed by atoms with Crippen molar-refractivity contribution in [3.8, 4) is 0 Å². The fourth-order valence-corrected chi connectivity index (χ4v) is 3.12. The summed E-state index contributed by atoms with van der Waals surface area (Å²) in [6, 6.07) is -1.19. The van der Waals surface area contributed by atoms with E-state index in [1.165, 1.54) is 0 Å². The van der Waals surface area contributed by atoms with E-state index in [0.29, 0.717) is 22.6 Å². The summed E-state index contributed by atoms with van der Waals surface area (Å²) in [5, 5.41) is 0. The van der Waals surface area contributed by atoms with E-state index in [0.717, 1.165) is 0 Å². The Morgan fingerprint density at radius 2 is 1.28 bits per heavy atom. The molecule has 2 N–H and O–H groups in total. The molecule has 1 aliphatic rings. The number of nitrogens with zero attached hydrogens (tertiary/aromatic N) is 2. The molecule has 144 valence electrons. The van der Waals surface area contributed by atoms with Gasteiger partial charge in [0.1, 0.15) is 5.92 Å². The van der Waals surface area contributed by atoms with Crippen LogP contribution in [0.4, 0.5) is 4.79 Å². The molecule has 25 heavy (non-hydrogen) atoms. The summed E-state index contributed by atoms with van der Waals surface area (Å²) >= 11 is 0. The topological polar surface area (TPSA) is 166 Å². The number of barbiturate groups is 1. The maximum absolute atomic E-state index is 12.3. The molecule has 13 heteroatoms. The van der Waals surface area contributed by atoms with Gasteiger partial charge >= 0.3 is 6.03 Å². The summed E-state index contributed by atoms with van der Waals surface area (Å²) in [5.41, 5.74) is 0. The number of rotatable bonds is 9. The fraction of sp³-hybridized carbons (Fsp3) is 0.750. The van der Waals surface area contributed by atoms with Gasteiger partial charge in [0.05, 0.1) is 11.5 Å². The number of carbonyl (C=O) groups is 3. The van der Waals surface area contributed by atoms with E-state index in [2.05, 4.69) is 0 Å². The summed E-state index contributed by atoms with van der Waals surface area (Å²) in [6.45, 7) is 0.471. The third kappa shape index (κ3) is 6.34. The van der Waals surface area contributed by atoms with E-state index in [-0.39, 0.29) is 6.42 Å². The molecule has 0 saturated carbocycles. The van der Waals surface area contributed by atoms with Gasteiger partial charge in [-0.15, -0.1) is 0 Å². The lowest BCUT2D eigenvalue weighted by Crippen LogP contribution is -2.61. The van der Waals surface area contributed by atoms with Crippen molar-refractivity contribution in [3.63, 3.8) is 0 Å². The fourth-order valence-electron chi connectivity index (χ4n) is 2.30. The predicted octanol–water partition coefficient (Wildman–Crippen LogP) is -0.641. The summed E-state index contributed by atoms with van der Waals surface area (Å²) in [6.07, 6.45) is 1.24. The molecule has 1 aliphatic heterocycles. The molecule has 0 atom stereocenters. The van der Waals surface area contributed by atoms with Crippen molar-refractivity contribution < 1.29 is 40.3 Å². The van der Waals surface area contributed by atoms with Gasteiger partial charge in [-0.3, -0.25) is 28.5 Å². The summed E-state index contributed by atoms with van der Waals surface area (Å²) in [7, 11) is -8.91. The van der Waals surface area contributed by atoms with Crippen molar-refractivity contribution in [2.24, 2.45) is 5.92 Å². The SMILES string of the molecule is CCCCC1C(=O)N(CCS(=O)(=O)O)C(=O)N(CCS(=O)(=O)O)C1=O. The van der Waals surface area contributed by atoms with Crippen LogP contribution in [-0.2, 0) is 29.8 Å². The Kier molecular flexibility index (Phi) is 7.05. The standard InChI is InChI=1S/C12H20N2O9S2/c1-2-3-4-9-10(15)13(5-7-24(18,19)20)12(17)14(11(9)16)6-8-25(21,22)23/h9H,2-8H2,1H3,(H,18,19,20)(H,21,22,23). The summed E-state index contributed by atoms with van der Waals surface area (Å²) in [5.74, 6) is -4.86. The van der Waals surface area contributed by atoms with Crippen LogP contribution >= 0.6 is 0 Å². The number of amides is 4. The highest BCUT2D eigenvalue weighted by Crippen LogP contribution is 2.22. The highest BCUT2D eigenvalue weighted by atomic mass is 32.2. The lowest BCUT2D eigenvalue weighted by molar-refractivity contribution is -0.149. The third-order valence-corrected chi connectivity index (χ3v) is 4.98. The molecule has 0 spiro atoms. The molecule has 1 heterocycles. The third-order valence-electron chi connectivity index (χ3n) is 3.58. The van der Waals surface area contributed by atoms with Crippen molar-refractivity contribution in [2.45, 2.75) is 26.2 Å². The van der Waals surface area contributed by atoms with E-state index in [9.17, 15) is 31.2 Å².